The third-order valence-electron chi connectivity index (χ3n) is 4.16. The van der Waals surface area contributed by atoms with E-state index in [1.165, 1.54) is 0 Å². The number of hydrogen-bond donors (Lipinski definition) is 3. The highest BCUT2D eigenvalue weighted by atomic mass is 16.5. The van der Waals surface area contributed by atoms with Crippen molar-refractivity contribution in [2.45, 2.75) is 6.54 Å². The molecule has 0 unspecified atom stereocenters. The highest BCUT2D eigenvalue weighted by molar-refractivity contribution is 5.92. The van der Waals surface area contributed by atoms with Gasteiger partial charge in [-0.2, -0.15) is 0 Å². The number of carbonyl (C=O) groups is 1. The molecule has 0 bridgehead atoms. The molecule has 0 aliphatic rings. The number of aromatic amines is 1. The number of carbonyl (C=O) groups excluding carboxylic acids is 1. The number of urea groups is 1. The van der Waals surface area contributed by atoms with Gasteiger partial charge in [0.2, 0.25) is 5.88 Å². The van der Waals surface area contributed by atoms with Crippen LogP contribution in [-0.4, -0.2) is 23.1 Å². The van der Waals surface area contributed by atoms with Crippen molar-refractivity contribution in [3.8, 4) is 5.88 Å². The minimum atomic E-state index is -0.260. The summed E-state index contributed by atoms with van der Waals surface area (Å²) in [5.74, 6) is 0.564. The molecule has 4 aromatic rings. The summed E-state index contributed by atoms with van der Waals surface area (Å²) >= 11 is 0. The van der Waals surface area contributed by atoms with Gasteiger partial charge in [0.25, 0.3) is 0 Å². The van der Waals surface area contributed by atoms with Crippen molar-refractivity contribution in [3.63, 3.8) is 0 Å². The predicted molar refractivity (Wildman–Crippen MR) is 102 cm³/mol. The Balaban J connectivity index is 1.41. The SMILES string of the molecule is COc1ccc2cc(NC(=O)NCc3cc4ccccc4[nH]3)ccc2n1. The highest BCUT2D eigenvalue weighted by Gasteiger charge is 2.06. The van der Waals surface area contributed by atoms with E-state index in [9.17, 15) is 4.79 Å². The van der Waals surface area contributed by atoms with E-state index in [2.05, 4.69) is 20.6 Å². The van der Waals surface area contributed by atoms with E-state index < -0.39 is 0 Å². The van der Waals surface area contributed by atoms with Crippen LogP contribution in [0, 0.1) is 0 Å². The largest absolute Gasteiger partial charge is 0.481 e. The summed E-state index contributed by atoms with van der Waals surface area (Å²) in [5.41, 5.74) is 3.53. The number of benzene rings is 2. The molecule has 0 fully saturated rings. The predicted octanol–water partition coefficient (Wildman–Crippen LogP) is 4.05. The van der Waals surface area contributed by atoms with Crippen LogP contribution < -0.4 is 15.4 Å². The lowest BCUT2D eigenvalue weighted by molar-refractivity contribution is 0.251. The Morgan fingerprint density at radius 2 is 1.96 bits per heavy atom. The lowest BCUT2D eigenvalue weighted by atomic mass is 10.2. The van der Waals surface area contributed by atoms with Gasteiger partial charge in [-0.1, -0.05) is 18.2 Å². The zero-order chi connectivity index (χ0) is 17.9. The highest BCUT2D eigenvalue weighted by Crippen LogP contribution is 2.20. The molecule has 0 saturated heterocycles. The fourth-order valence-corrected chi connectivity index (χ4v) is 2.88. The van der Waals surface area contributed by atoms with E-state index in [1.807, 2.05) is 54.6 Å². The van der Waals surface area contributed by atoms with E-state index >= 15 is 0 Å². The monoisotopic (exact) mass is 346 g/mol. The molecule has 2 heterocycles. The Labute approximate surface area is 150 Å². The average Bonchev–Trinajstić information content (AvgIpc) is 3.09. The number of rotatable bonds is 4. The van der Waals surface area contributed by atoms with E-state index in [4.69, 9.17) is 4.74 Å². The summed E-state index contributed by atoms with van der Waals surface area (Å²) in [6.07, 6.45) is 0. The number of anilines is 1. The molecule has 26 heavy (non-hydrogen) atoms. The number of fused-ring (bicyclic) bond motifs is 2. The minimum Gasteiger partial charge on any atom is -0.481 e. The Morgan fingerprint density at radius 1 is 1.08 bits per heavy atom. The van der Waals surface area contributed by atoms with Gasteiger partial charge < -0.3 is 20.4 Å². The second-order valence-electron chi connectivity index (χ2n) is 5.95. The van der Waals surface area contributed by atoms with E-state index in [-0.39, 0.29) is 6.03 Å². The number of nitrogens with one attached hydrogen (secondary N) is 3. The molecule has 2 aromatic carbocycles. The van der Waals surface area contributed by atoms with Crippen LogP contribution in [0.25, 0.3) is 21.8 Å². The Kier molecular flexibility index (Phi) is 4.15. The number of nitrogens with zero attached hydrogens (tertiary/aromatic N) is 1. The topological polar surface area (TPSA) is 79.0 Å². The molecule has 6 heteroatoms. The van der Waals surface area contributed by atoms with E-state index in [1.54, 1.807) is 13.2 Å². The number of H-pyrrole nitrogens is 1. The zero-order valence-corrected chi connectivity index (χ0v) is 14.2. The van der Waals surface area contributed by atoms with E-state index in [0.717, 1.165) is 27.5 Å². The van der Waals surface area contributed by atoms with Crippen LogP contribution in [0.15, 0.2) is 60.7 Å². The molecule has 0 aliphatic carbocycles. The maximum absolute atomic E-state index is 12.2. The van der Waals surface area contributed by atoms with Crippen LogP contribution in [-0.2, 0) is 6.54 Å². The third-order valence-corrected chi connectivity index (χ3v) is 4.16. The maximum Gasteiger partial charge on any atom is 0.319 e. The van der Waals surface area contributed by atoms with Crippen molar-refractivity contribution in [1.29, 1.82) is 0 Å². The Hall–Kier alpha value is -3.54. The summed E-state index contributed by atoms with van der Waals surface area (Å²) in [7, 11) is 1.58. The summed E-state index contributed by atoms with van der Waals surface area (Å²) in [6.45, 7) is 0.423. The minimum absolute atomic E-state index is 0.260. The molecule has 2 amide bonds. The number of hydrogen-bond acceptors (Lipinski definition) is 3. The fourth-order valence-electron chi connectivity index (χ4n) is 2.88. The fraction of sp³-hybridized carbons (Fsp3) is 0.100. The second-order valence-corrected chi connectivity index (χ2v) is 5.95. The lowest BCUT2D eigenvalue weighted by Gasteiger charge is -2.08. The summed E-state index contributed by atoms with van der Waals surface area (Å²) in [4.78, 5) is 19.8. The molecule has 6 nitrogen and oxygen atoms in total. The lowest BCUT2D eigenvalue weighted by Crippen LogP contribution is -2.28. The van der Waals surface area contributed by atoms with Crippen LogP contribution in [0.3, 0.4) is 0 Å². The van der Waals surface area contributed by atoms with Gasteiger partial charge in [-0.25, -0.2) is 9.78 Å². The van der Waals surface area contributed by atoms with Gasteiger partial charge in [0.05, 0.1) is 19.2 Å². The smallest absolute Gasteiger partial charge is 0.319 e. The first kappa shape index (κ1) is 16.0. The molecular weight excluding hydrogens is 328 g/mol. The van der Waals surface area contributed by atoms with Crippen molar-refractivity contribution >= 4 is 33.5 Å². The second kappa shape index (κ2) is 6.76. The van der Waals surface area contributed by atoms with Gasteiger partial charge in [0, 0.05) is 28.4 Å². The van der Waals surface area contributed by atoms with Gasteiger partial charge in [-0.15, -0.1) is 0 Å². The molecule has 0 spiro atoms. The zero-order valence-electron chi connectivity index (χ0n) is 14.2. The summed E-state index contributed by atoms with van der Waals surface area (Å²) in [5, 5.41) is 7.76. The van der Waals surface area contributed by atoms with Gasteiger partial charge in [-0.3, -0.25) is 0 Å². The molecule has 3 N–H and O–H groups in total. The van der Waals surface area contributed by atoms with Gasteiger partial charge in [-0.05, 0) is 41.8 Å². The normalized spacial score (nSPS) is 10.8. The molecule has 0 atom stereocenters. The van der Waals surface area contributed by atoms with Crippen LogP contribution in [0.5, 0.6) is 5.88 Å². The molecule has 0 aliphatic heterocycles. The molecule has 2 aromatic heterocycles. The van der Waals surface area contributed by atoms with Crippen molar-refractivity contribution in [1.82, 2.24) is 15.3 Å². The molecule has 4 rings (SSSR count). The Bertz CT molecular complexity index is 1050. The average molecular weight is 346 g/mol. The number of ether oxygens (including phenoxy) is 1. The van der Waals surface area contributed by atoms with Crippen molar-refractivity contribution < 1.29 is 9.53 Å². The van der Waals surface area contributed by atoms with Gasteiger partial charge in [0.15, 0.2) is 0 Å². The Morgan fingerprint density at radius 3 is 2.81 bits per heavy atom. The summed E-state index contributed by atoms with van der Waals surface area (Å²) in [6, 6.07) is 19.0. The van der Waals surface area contributed by atoms with E-state index in [0.29, 0.717) is 18.1 Å². The van der Waals surface area contributed by atoms with Crippen LogP contribution in [0.2, 0.25) is 0 Å². The number of pyridine rings is 1. The molecule has 0 saturated carbocycles. The third kappa shape index (κ3) is 3.30. The quantitative estimate of drug-likeness (QED) is 0.522. The number of methoxy groups -OCH3 is 1. The van der Waals surface area contributed by atoms with Crippen molar-refractivity contribution in [2.24, 2.45) is 0 Å². The standard InChI is InChI=1S/C20H18N4O2/c1-26-19-9-6-14-10-15(7-8-18(14)24-19)23-20(25)21-12-16-11-13-4-2-3-5-17(13)22-16/h2-11,22H,12H2,1H3,(H2,21,23,25). The number of amides is 2. The van der Waals surface area contributed by atoms with Crippen molar-refractivity contribution in [3.05, 3.63) is 66.4 Å². The number of aromatic nitrogens is 2. The molecular formula is C20H18N4O2. The summed E-state index contributed by atoms with van der Waals surface area (Å²) < 4.78 is 5.12. The van der Waals surface area contributed by atoms with Gasteiger partial charge in [0.1, 0.15) is 0 Å². The first-order valence-corrected chi connectivity index (χ1v) is 8.27. The molecule has 0 radical (unpaired) electrons. The van der Waals surface area contributed by atoms with Gasteiger partial charge >= 0.3 is 6.03 Å². The van der Waals surface area contributed by atoms with Crippen LogP contribution in [0.4, 0.5) is 10.5 Å². The maximum atomic E-state index is 12.2. The molecule has 130 valence electrons. The number of para-hydroxylation sites is 1. The van der Waals surface area contributed by atoms with Crippen molar-refractivity contribution in [2.75, 3.05) is 12.4 Å². The first-order valence-electron chi connectivity index (χ1n) is 8.27. The first-order chi connectivity index (χ1) is 12.7. The van der Waals surface area contributed by atoms with Crippen LogP contribution in [0.1, 0.15) is 5.69 Å². The van der Waals surface area contributed by atoms with Crippen LogP contribution >= 0.6 is 0 Å².